The summed E-state index contributed by atoms with van der Waals surface area (Å²) in [5.74, 6) is 0.233. The van der Waals surface area contributed by atoms with Crippen LogP contribution in [0.4, 0.5) is 5.69 Å². The van der Waals surface area contributed by atoms with Gasteiger partial charge in [0.2, 0.25) is 5.91 Å². The fourth-order valence-electron chi connectivity index (χ4n) is 2.37. The molecule has 0 saturated carbocycles. The minimum Gasteiger partial charge on any atom is -0.362 e. The number of carbonyl (C=O) groups excluding carboxylic acids is 2. The van der Waals surface area contributed by atoms with Gasteiger partial charge in [-0.25, -0.2) is 0 Å². The maximum atomic E-state index is 12.0. The number of carbonyl (C=O) groups is 2. The number of amides is 1. The molecule has 0 bridgehead atoms. The molecule has 1 aromatic rings. The van der Waals surface area contributed by atoms with Crippen LogP contribution in [0.5, 0.6) is 0 Å². The SMILES string of the molecule is CCC(=O)c1ccccc1N1CCCN(C)C(=O)C1. The molecule has 0 atom stereocenters. The van der Waals surface area contributed by atoms with E-state index in [0.717, 1.165) is 30.8 Å². The standard InChI is InChI=1S/C15H20N2O2/c1-3-14(18)12-7-4-5-8-13(12)17-10-6-9-16(2)15(19)11-17/h4-5,7-8H,3,6,9-11H2,1-2H3. The van der Waals surface area contributed by atoms with Gasteiger partial charge in [-0.15, -0.1) is 0 Å². The summed E-state index contributed by atoms with van der Waals surface area (Å²) in [4.78, 5) is 27.7. The Morgan fingerprint density at radius 3 is 2.74 bits per heavy atom. The van der Waals surface area contributed by atoms with E-state index in [9.17, 15) is 9.59 Å². The molecule has 19 heavy (non-hydrogen) atoms. The number of para-hydroxylation sites is 1. The Labute approximate surface area is 114 Å². The minimum atomic E-state index is 0.108. The Morgan fingerprint density at radius 1 is 1.26 bits per heavy atom. The van der Waals surface area contributed by atoms with E-state index in [1.54, 1.807) is 4.90 Å². The monoisotopic (exact) mass is 260 g/mol. The zero-order valence-electron chi connectivity index (χ0n) is 11.6. The summed E-state index contributed by atoms with van der Waals surface area (Å²) in [5.41, 5.74) is 1.61. The van der Waals surface area contributed by atoms with Gasteiger partial charge in [0, 0.05) is 37.8 Å². The van der Waals surface area contributed by atoms with Gasteiger partial charge in [0.15, 0.2) is 5.78 Å². The molecule has 4 heteroatoms. The molecule has 1 aliphatic heterocycles. The van der Waals surface area contributed by atoms with E-state index in [1.807, 2.05) is 43.1 Å². The van der Waals surface area contributed by atoms with Crippen molar-refractivity contribution in [1.82, 2.24) is 4.90 Å². The number of anilines is 1. The Morgan fingerprint density at radius 2 is 2.00 bits per heavy atom. The van der Waals surface area contributed by atoms with Crippen LogP contribution in [-0.4, -0.2) is 43.3 Å². The van der Waals surface area contributed by atoms with E-state index >= 15 is 0 Å². The van der Waals surface area contributed by atoms with Crippen LogP contribution in [0.25, 0.3) is 0 Å². The van der Waals surface area contributed by atoms with E-state index in [1.165, 1.54) is 0 Å². The predicted molar refractivity (Wildman–Crippen MR) is 75.5 cm³/mol. The maximum absolute atomic E-state index is 12.0. The van der Waals surface area contributed by atoms with Crippen LogP contribution in [0.2, 0.25) is 0 Å². The van der Waals surface area contributed by atoms with Crippen LogP contribution in [0, 0.1) is 0 Å². The molecule has 0 spiro atoms. The van der Waals surface area contributed by atoms with E-state index in [0.29, 0.717) is 13.0 Å². The number of likely N-dealkylation sites (N-methyl/N-ethyl adjacent to an activating group) is 1. The van der Waals surface area contributed by atoms with Crippen LogP contribution in [-0.2, 0) is 4.79 Å². The van der Waals surface area contributed by atoms with Crippen LogP contribution < -0.4 is 4.90 Å². The summed E-state index contributed by atoms with van der Waals surface area (Å²) in [5, 5.41) is 0. The Hall–Kier alpha value is -1.84. The molecule has 4 nitrogen and oxygen atoms in total. The highest BCUT2D eigenvalue weighted by molar-refractivity contribution is 6.01. The number of ketones is 1. The molecule has 0 radical (unpaired) electrons. The summed E-state index contributed by atoms with van der Waals surface area (Å²) in [6.45, 7) is 3.80. The molecule has 0 N–H and O–H groups in total. The van der Waals surface area contributed by atoms with Gasteiger partial charge < -0.3 is 9.80 Å². The number of hydrogen-bond donors (Lipinski definition) is 0. The van der Waals surface area contributed by atoms with E-state index in [4.69, 9.17) is 0 Å². The van der Waals surface area contributed by atoms with Gasteiger partial charge in [-0.2, -0.15) is 0 Å². The normalized spacial score (nSPS) is 16.4. The van der Waals surface area contributed by atoms with Crippen molar-refractivity contribution >= 4 is 17.4 Å². The lowest BCUT2D eigenvalue weighted by Crippen LogP contribution is -2.35. The van der Waals surface area contributed by atoms with Gasteiger partial charge in [-0.3, -0.25) is 9.59 Å². The minimum absolute atomic E-state index is 0.108. The Balaban J connectivity index is 2.30. The molecule has 1 aromatic carbocycles. The van der Waals surface area contributed by atoms with Crippen molar-refractivity contribution in [3.8, 4) is 0 Å². The topological polar surface area (TPSA) is 40.6 Å². The van der Waals surface area contributed by atoms with Gasteiger partial charge in [-0.05, 0) is 18.6 Å². The summed E-state index contributed by atoms with van der Waals surface area (Å²) < 4.78 is 0. The Bertz CT molecular complexity index is 485. The summed E-state index contributed by atoms with van der Waals surface area (Å²) >= 11 is 0. The van der Waals surface area contributed by atoms with Crippen LogP contribution in [0.15, 0.2) is 24.3 Å². The second kappa shape index (κ2) is 5.87. The third-order valence-corrected chi connectivity index (χ3v) is 3.54. The highest BCUT2D eigenvalue weighted by Crippen LogP contribution is 2.23. The lowest BCUT2D eigenvalue weighted by molar-refractivity contribution is -0.127. The molecule has 2 rings (SSSR count). The molecule has 1 aliphatic rings. The average Bonchev–Trinajstić information content (AvgIpc) is 2.60. The molecule has 1 saturated heterocycles. The fourth-order valence-corrected chi connectivity index (χ4v) is 2.37. The van der Waals surface area contributed by atoms with Crippen molar-refractivity contribution in [1.29, 1.82) is 0 Å². The number of rotatable bonds is 3. The first-order valence-electron chi connectivity index (χ1n) is 6.74. The molecule has 1 heterocycles. The number of benzene rings is 1. The van der Waals surface area contributed by atoms with E-state index in [-0.39, 0.29) is 11.7 Å². The first kappa shape index (κ1) is 13.6. The van der Waals surface area contributed by atoms with Crippen LogP contribution in [0.1, 0.15) is 30.1 Å². The molecule has 102 valence electrons. The smallest absolute Gasteiger partial charge is 0.241 e. The molecule has 0 aromatic heterocycles. The third kappa shape index (κ3) is 2.95. The van der Waals surface area contributed by atoms with Gasteiger partial charge in [0.1, 0.15) is 0 Å². The molecule has 1 fully saturated rings. The number of hydrogen-bond acceptors (Lipinski definition) is 3. The van der Waals surface area contributed by atoms with Crippen molar-refractivity contribution in [2.75, 3.05) is 31.6 Å². The fraction of sp³-hybridized carbons (Fsp3) is 0.467. The second-order valence-electron chi connectivity index (χ2n) is 4.88. The first-order chi connectivity index (χ1) is 9.13. The predicted octanol–water partition coefficient (Wildman–Crippen LogP) is 1.95. The van der Waals surface area contributed by atoms with Crippen molar-refractivity contribution < 1.29 is 9.59 Å². The van der Waals surface area contributed by atoms with Crippen LogP contribution >= 0.6 is 0 Å². The molecule has 0 aliphatic carbocycles. The van der Waals surface area contributed by atoms with Crippen molar-refractivity contribution in [2.24, 2.45) is 0 Å². The molecular weight excluding hydrogens is 240 g/mol. The molecule has 1 amide bonds. The largest absolute Gasteiger partial charge is 0.362 e. The summed E-state index contributed by atoms with van der Waals surface area (Å²) in [6.07, 6.45) is 1.41. The number of nitrogens with zero attached hydrogens (tertiary/aromatic N) is 2. The summed E-state index contributed by atoms with van der Waals surface area (Å²) in [6, 6.07) is 7.57. The highest BCUT2D eigenvalue weighted by Gasteiger charge is 2.22. The van der Waals surface area contributed by atoms with E-state index in [2.05, 4.69) is 0 Å². The first-order valence-corrected chi connectivity index (χ1v) is 6.74. The lowest BCUT2D eigenvalue weighted by atomic mass is 10.1. The second-order valence-corrected chi connectivity index (χ2v) is 4.88. The van der Waals surface area contributed by atoms with Gasteiger partial charge in [0.25, 0.3) is 0 Å². The van der Waals surface area contributed by atoms with Crippen molar-refractivity contribution in [3.63, 3.8) is 0 Å². The quantitative estimate of drug-likeness (QED) is 0.780. The zero-order chi connectivity index (χ0) is 13.8. The average molecular weight is 260 g/mol. The molecule has 0 unspecified atom stereocenters. The Kier molecular flexibility index (Phi) is 4.20. The van der Waals surface area contributed by atoms with Gasteiger partial charge in [0.05, 0.1) is 6.54 Å². The summed E-state index contributed by atoms with van der Waals surface area (Å²) in [7, 11) is 1.83. The van der Waals surface area contributed by atoms with Crippen LogP contribution in [0.3, 0.4) is 0 Å². The lowest BCUT2D eigenvalue weighted by Gasteiger charge is -2.24. The van der Waals surface area contributed by atoms with Gasteiger partial charge in [-0.1, -0.05) is 19.1 Å². The number of Topliss-reactive ketones (excluding diaryl/α,β-unsaturated/α-hetero) is 1. The molecular formula is C15H20N2O2. The third-order valence-electron chi connectivity index (χ3n) is 3.54. The highest BCUT2D eigenvalue weighted by atomic mass is 16.2. The van der Waals surface area contributed by atoms with Gasteiger partial charge >= 0.3 is 0 Å². The van der Waals surface area contributed by atoms with E-state index < -0.39 is 0 Å². The zero-order valence-corrected chi connectivity index (χ0v) is 11.6. The van der Waals surface area contributed by atoms with Crippen molar-refractivity contribution in [3.05, 3.63) is 29.8 Å². The maximum Gasteiger partial charge on any atom is 0.241 e. The van der Waals surface area contributed by atoms with Crippen molar-refractivity contribution in [2.45, 2.75) is 19.8 Å².